The van der Waals surface area contributed by atoms with Gasteiger partial charge in [0.25, 0.3) is 0 Å². The van der Waals surface area contributed by atoms with Gasteiger partial charge in [-0.25, -0.2) is 14.6 Å². The summed E-state index contributed by atoms with van der Waals surface area (Å²) in [7, 11) is 1.59. The molecule has 5 atom stereocenters. The lowest BCUT2D eigenvalue weighted by atomic mass is 10.0. The molecular weight excluding hydrogens is 580 g/mol. The molecule has 5 rings (SSSR count). The van der Waals surface area contributed by atoms with E-state index in [-0.39, 0.29) is 18.9 Å². The maximum absolute atomic E-state index is 14.2. The van der Waals surface area contributed by atoms with Crippen molar-refractivity contribution in [2.24, 2.45) is 5.92 Å². The molecule has 45 heavy (non-hydrogen) atoms. The number of rotatable bonds is 5. The van der Waals surface area contributed by atoms with E-state index in [1.165, 1.54) is 4.90 Å². The Morgan fingerprint density at radius 1 is 1.09 bits per heavy atom. The summed E-state index contributed by atoms with van der Waals surface area (Å²) in [5.74, 6) is -1.16. The van der Waals surface area contributed by atoms with Crippen molar-refractivity contribution in [2.45, 2.75) is 108 Å². The number of nitrogens with one attached hydrogen (secondary N) is 2. The minimum atomic E-state index is -1.34. The maximum Gasteiger partial charge on any atom is 0.408 e. The van der Waals surface area contributed by atoms with Gasteiger partial charge < -0.3 is 34.9 Å². The Hall–Kier alpha value is -4.09. The van der Waals surface area contributed by atoms with Crippen LogP contribution in [-0.4, -0.2) is 81.8 Å². The molecule has 3 aliphatic rings. The van der Waals surface area contributed by atoms with Gasteiger partial charge in [0.05, 0.1) is 13.7 Å². The predicted octanol–water partition coefficient (Wildman–Crippen LogP) is 4.19. The molecule has 2 saturated heterocycles. The molecule has 1 saturated carbocycles. The molecule has 2 aliphatic heterocycles. The largest absolute Gasteiger partial charge is 0.497 e. The number of hydrogen-bond acceptors (Lipinski definition) is 8. The fourth-order valence-electron chi connectivity index (χ4n) is 6.51. The van der Waals surface area contributed by atoms with Crippen LogP contribution in [0.1, 0.15) is 78.6 Å². The lowest BCUT2D eigenvalue weighted by Gasteiger charge is -2.30. The number of aliphatic carboxylic acids is 1. The van der Waals surface area contributed by atoms with Crippen molar-refractivity contribution in [2.75, 3.05) is 13.7 Å². The van der Waals surface area contributed by atoms with Crippen LogP contribution < -0.4 is 20.1 Å². The molecule has 3 fully saturated rings. The fourth-order valence-corrected chi connectivity index (χ4v) is 6.51. The number of aromatic nitrogens is 1. The van der Waals surface area contributed by atoms with E-state index in [0.29, 0.717) is 37.3 Å². The number of nitrogens with zero attached hydrogens (tertiary/aromatic N) is 2. The number of carbonyl (C=O) groups is 4. The Labute approximate surface area is 263 Å². The Bertz CT molecular complexity index is 1440. The number of ether oxygens (including phenoxy) is 3. The van der Waals surface area contributed by atoms with Gasteiger partial charge in [-0.05, 0) is 75.6 Å². The third-order valence-corrected chi connectivity index (χ3v) is 8.93. The molecule has 1 aromatic carbocycles. The van der Waals surface area contributed by atoms with E-state index in [9.17, 15) is 24.3 Å². The Morgan fingerprint density at radius 3 is 2.53 bits per heavy atom. The molecule has 12 nitrogen and oxygen atoms in total. The first kappa shape index (κ1) is 32.3. The number of fused-ring (bicyclic) bond motifs is 3. The number of carboxylic acids is 1. The highest BCUT2D eigenvalue weighted by Gasteiger charge is 2.62. The SMILES string of the molecule is COc1ccc2c(O[C@@H]3C[C@H]4C(=O)N[C@]5(C(=O)O)C[C@H]5CCCCCCC[C@H](NC(=O)OC(C)(C)C)C(=O)N4C3)nccc2c1. The molecule has 1 aromatic heterocycles. The molecule has 0 spiro atoms. The highest BCUT2D eigenvalue weighted by Crippen LogP contribution is 2.47. The molecule has 3 heterocycles. The molecule has 3 amide bonds. The van der Waals surface area contributed by atoms with Crippen molar-refractivity contribution in [3.8, 4) is 11.6 Å². The summed E-state index contributed by atoms with van der Waals surface area (Å²) in [5, 5.41) is 17.3. The van der Waals surface area contributed by atoms with Crippen molar-refractivity contribution in [1.29, 1.82) is 0 Å². The molecule has 0 radical (unpaired) electrons. The number of amides is 3. The van der Waals surface area contributed by atoms with Gasteiger partial charge in [-0.3, -0.25) is 9.59 Å². The van der Waals surface area contributed by atoms with Crippen LogP contribution in [0.5, 0.6) is 11.6 Å². The van der Waals surface area contributed by atoms with Crippen molar-refractivity contribution in [1.82, 2.24) is 20.5 Å². The van der Waals surface area contributed by atoms with E-state index < -0.39 is 53.2 Å². The van der Waals surface area contributed by atoms with Crippen LogP contribution in [0.25, 0.3) is 10.8 Å². The van der Waals surface area contributed by atoms with Gasteiger partial charge in [-0.15, -0.1) is 0 Å². The van der Waals surface area contributed by atoms with Gasteiger partial charge >= 0.3 is 12.1 Å². The van der Waals surface area contributed by atoms with Gasteiger partial charge in [0.1, 0.15) is 35.1 Å². The molecule has 3 N–H and O–H groups in total. The lowest BCUT2D eigenvalue weighted by molar-refractivity contribution is -0.146. The van der Waals surface area contributed by atoms with E-state index in [1.807, 2.05) is 18.2 Å². The van der Waals surface area contributed by atoms with Crippen LogP contribution in [0, 0.1) is 5.92 Å². The standard InChI is InChI=1S/C33H44N4O8/c1-32(2,3)45-31(42)35-25-11-9-7-5-6-8-10-21-18-33(21,30(40)41)36-27(38)26-17-23(19-37(26)29(25)39)44-28-24-13-12-22(43-4)16-20(24)14-15-34-28/h12-16,21,23,25-26H,5-11,17-19H2,1-4H3,(H,35,42)(H,36,38)(H,40,41)/t21-,23-,25+,26+,33-/m1/s1. The molecule has 0 unspecified atom stereocenters. The van der Waals surface area contributed by atoms with Crippen LogP contribution in [0.4, 0.5) is 4.79 Å². The van der Waals surface area contributed by atoms with Crippen molar-refractivity contribution >= 4 is 34.6 Å². The summed E-state index contributed by atoms with van der Waals surface area (Å²) in [6.45, 7) is 5.29. The fraction of sp³-hybridized carbons (Fsp3) is 0.606. The maximum atomic E-state index is 14.2. The van der Waals surface area contributed by atoms with Gasteiger partial charge in [-0.2, -0.15) is 0 Å². The molecular formula is C33H44N4O8. The van der Waals surface area contributed by atoms with Gasteiger partial charge in [0.2, 0.25) is 17.7 Å². The zero-order valence-corrected chi connectivity index (χ0v) is 26.5. The Balaban J connectivity index is 1.43. The highest BCUT2D eigenvalue weighted by atomic mass is 16.6. The lowest BCUT2D eigenvalue weighted by Crippen LogP contribution is -2.56. The molecule has 1 aliphatic carbocycles. The van der Waals surface area contributed by atoms with Gasteiger partial charge in [0, 0.05) is 18.0 Å². The second-order valence-corrected chi connectivity index (χ2v) is 13.4. The number of methoxy groups -OCH3 is 1. The van der Waals surface area contributed by atoms with Crippen molar-refractivity contribution < 1.29 is 38.5 Å². The van der Waals surface area contributed by atoms with Crippen LogP contribution in [0.15, 0.2) is 30.5 Å². The van der Waals surface area contributed by atoms with E-state index >= 15 is 0 Å². The molecule has 2 aromatic rings. The van der Waals surface area contributed by atoms with Crippen LogP contribution in [0.2, 0.25) is 0 Å². The number of carbonyl (C=O) groups excluding carboxylic acids is 3. The third kappa shape index (κ3) is 7.42. The predicted molar refractivity (Wildman–Crippen MR) is 165 cm³/mol. The average Bonchev–Trinajstić information content (AvgIpc) is 3.51. The first-order chi connectivity index (χ1) is 21.4. The van der Waals surface area contributed by atoms with Crippen LogP contribution in [-0.2, 0) is 19.1 Å². The van der Waals surface area contributed by atoms with Gasteiger partial charge in [-0.1, -0.05) is 32.1 Å². The smallest absolute Gasteiger partial charge is 0.408 e. The zero-order valence-electron chi connectivity index (χ0n) is 26.5. The minimum absolute atomic E-state index is 0.0567. The van der Waals surface area contributed by atoms with Crippen LogP contribution >= 0.6 is 0 Å². The highest BCUT2D eigenvalue weighted by molar-refractivity contribution is 5.96. The number of alkyl carbamates (subject to hydrolysis) is 1. The van der Waals surface area contributed by atoms with Crippen molar-refractivity contribution in [3.05, 3.63) is 30.5 Å². The molecule has 244 valence electrons. The first-order valence-electron chi connectivity index (χ1n) is 15.8. The average molecular weight is 625 g/mol. The van der Waals surface area contributed by atoms with E-state index in [2.05, 4.69) is 15.6 Å². The minimum Gasteiger partial charge on any atom is -0.497 e. The number of benzene rings is 1. The van der Waals surface area contributed by atoms with E-state index in [4.69, 9.17) is 14.2 Å². The molecule has 12 heteroatoms. The van der Waals surface area contributed by atoms with Crippen LogP contribution in [0.3, 0.4) is 0 Å². The van der Waals surface area contributed by atoms with E-state index in [0.717, 1.165) is 36.5 Å². The quantitative estimate of drug-likeness (QED) is 0.444. The third-order valence-electron chi connectivity index (χ3n) is 8.93. The number of carboxylic acid groups (broad SMARTS) is 1. The second kappa shape index (κ2) is 13.1. The molecule has 0 bridgehead atoms. The number of pyridine rings is 1. The summed E-state index contributed by atoms with van der Waals surface area (Å²) in [6, 6.07) is 5.42. The van der Waals surface area contributed by atoms with Crippen molar-refractivity contribution in [3.63, 3.8) is 0 Å². The summed E-state index contributed by atoms with van der Waals surface area (Å²) in [4.78, 5) is 59.1. The monoisotopic (exact) mass is 624 g/mol. The topological polar surface area (TPSA) is 156 Å². The summed E-state index contributed by atoms with van der Waals surface area (Å²) >= 11 is 0. The zero-order chi connectivity index (χ0) is 32.4. The van der Waals surface area contributed by atoms with Gasteiger partial charge in [0.15, 0.2) is 0 Å². The normalized spacial score (nSPS) is 27.7. The Kier molecular flexibility index (Phi) is 9.41. The second-order valence-electron chi connectivity index (χ2n) is 13.4. The summed E-state index contributed by atoms with van der Waals surface area (Å²) < 4.78 is 17.1. The number of hydrogen-bond donors (Lipinski definition) is 3. The Morgan fingerprint density at radius 2 is 1.82 bits per heavy atom. The first-order valence-corrected chi connectivity index (χ1v) is 15.8. The van der Waals surface area contributed by atoms with E-state index in [1.54, 1.807) is 40.1 Å². The summed E-state index contributed by atoms with van der Waals surface area (Å²) in [6.07, 6.45) is 6.16. The summed E-state index contributed by atoms with van der Waals surface area (Å²) in [5.41, 5.74) is -2.10.